The summed E-state index contributed by atoms with van der Waals surface area (Å²) in [6.07, 6.45) is 5.08. The van der Waals surface area contributed by atoms with E-state index in [1.807, 2.05) is 0 Å². The Morgan fingerprint density at radius 2 is 2.12 bits per heavy atom. The molecule has 1 aliphatic rings. The second kappa shape index (κ2) is 4.43. The SMILES string of the molecule is CC1(C)CCCC(O)(Cc2ccc(Br)s2)C1. The van der Waals surface area contributed by atoms with E-state index >= 15 is 0 Å². The largest absolute Gasteiger partial charge is 0.389 e. The van der Waals surface area contributed by atoms with Gasteiger partial charge in [0, 0.05) is 11.3 Å². The Morgan fingerprint density at radius 3 is 2.69 bits per heavy atom. The van der Waals surface area contributed by atoms with Crippen molar-refractivity contribution in [1.82, 2.24) is 0 Å². The van der Waals surface area contributed by atoms with Gasteiger partial charge in [-0.2, -0.15) is 0 Å². The molecular weight excluding hydrogens is 284 g/mol. The summed E-state index contributed by atoms with van der Waals surface area (Å²) in [4.78, 5) is 1.28. The fraction of sp³-hybridized carbons (Fsp3) is 0.692. The van der Waals surface area contributed by atoms with E-state index in [0.717, 1.165) is 29.5 Å². The van der Waals surface area contributed by atoms with Crippen molar-refractivity contribution in [3.05, 3.63) is 20.8 Å². The minimum atomic E-state index is -0.480. The Labute approximate surface area is 110 Å². The van der Waals surface area contributed by atoms with Gasteiger partial charge in [0.2, 0.25) is 0 Å². The van der Waals surface area contributed by atoms with Gasteiger partial charge in [-0.3, -0.25) is 0 Å². The topological polar surface area (TPSA) is 20.2 Å². The summed E-state index contributed by atoms with van der Waals surface area (Å²) >= 11 is 5.21. The summed E-state index contributed by atoms with van der Waals surface area (Å²) in [7, 11) is 0. The van der Waals surface area contributed by atoms with E-state index in [1.165, 1.54) is 11.3 Å². The van der Waals surface area contributed by atoms with Crippen molar-refractivity contribution in [3.8, 4) is 0 Å². The van der Waals surface area contributed by atoms with E-state index in [-0.39, 0.29) is 0 Å². The summed E-state index contributed by atoms with van der Waals surface area (Å²) in [6, 6.07) is 4.19. The standard InChI is InChI=1S/C13H19BrOS/c1-12(2)6-3-7-13(15,9-12)8-10-4-5-11(14)16-10/h4-5,15H,3,6-9H2,1-2H3. The molecule has 1 saturated carbocycles. The number of halogens is 1. The number of aliphatic hydroxyl groups is 1. The van der Waals surface area contributed by atoms with Gasteiger partial charge in [-0.05, 0) is 52.7 Å². The van der Waals surface area contributed by atoms with Gasteiger partial charge in [0.15, 0.2) is 0 Å². The van der Waals surface area contributed by atoms with E-state index in [9.17, 15) is 5.11 Å². The van der Waals surface area contributed by atoms with E-state index in [4.69, 9.17) is 0 Å². The van der Waals surface area contributed by atoms with Crippen LogP contribution in [-0.4, -0.2) is 10.7 Å². The highest BCUT2D eigenvalue weighted by atomic mass is 79.9. The Morgan fingerprint density at radius 1 is 1.38 bits per heavy atom. The van der Waals surface area contributed by atoms with Crippen LogP contribution in [0.2, 0.25) is 0 Å². The first kappa shape index (κ1) is 12.6. The zero-order valence-electron chi connectivity index (χ0n) is 9.92. The molecule has 1 heterocycles. The Balaban J connectivity index is 2.07. The van der Waals surface area contributed by atoms with Crippen LogP contribution >= 0.6 is 27.3 Å². The molecule has 16 heavy (non-hydrogen) atoms. The first-order valence-corrected chi connectivity index (χ1v) is 7.46. The summed E-state index contributed by atoms with van der Waals surface area (Å²) in [5.74, 6) is 0. The molecule has 1 N–H and O–H groups in total. The molecule has 0 radical (unpaired) electrons. The summed E-state index contributed by atoms with van der Waals surface area (Å²) in [5.41, 5.74) is -0.187. The lowest BCUT2D eigenvalue weighted by molar-refractivity contribution is -0.0376. The Hall–Kier alpha value is 0.140. The van der Waals surface area contributed by atoms with Gasteiger partial charge in [-0.25, -0.2) is 0 Å². The van der Waals surface area contributed by atoms with Crippen LogP contribution in [0.4, 0.5) is 0 Å². The highest BCUT2D eigenvalue weighted by Crippen LogP contribution is 2.43. The smallest absolute Gasteiger partial charge is 0.0701 e. The van der Waals surface area contributed by atoms with E-state index in [1.54, 1.807) is 11.3 Å². The normalized spacial score (nSPS) is 29.2. The zero-order chi connectivity index (χ0) is 11.8. The predicted octanol–water partition coefficient (Wildman–Crippen LogP) is 4.38. The molecule has 1 aliphatic carbocycles. The molecular formula is C13H19BrOS. The Bertz CT molecular complexity index is 372. The number of hydrogen-bond donors (Lipinski definition) is 1. The summed E-state index contributed by atoms with van der Waals surface area (Å²) in [6.45, 7) is 4.53. The van der Waals surface area contributed by atoms with Gasteiger partial charge in [-0.15, -0.1) is 11.3 Å². The average molecular weight is 303 g/mol. The third kappa shape index (κ3) is 3.08. The molecule has 1 nitrogen and oxygen atoms in total. The lowest BCUT2D eigenvalue weighted by atomic mass is 9.68. The van der Waals surface area contributed by atoms with Crippen LogP contribution in [0.5, 0.6) is 0 Å². The number of thiophene rings is 1. The highest BCUT2D eigenvalue weighted by Gasteiger charge is 2.38. The molecule has 1 aromatic heterocycles. The van der Waals surface area contributed by atoms with Crippen molar-refractivity contribution in [2.75, 3.05) is 0 Å². The quantitative estimate of drug-likeness (QED) is 0.859. The fourth-order valence-electron chi connectivity index (χ4n) is 2.89. The minimum Gasteiger partial charge on any atom is -0.389 e. The van der Waals surface area contributed by atoms with Crippen LogP contribution < -0.4 is 0 Å². The third-order valence-corrected chi connectivity index (χ3v) is 5.06. The van der Waals surface area contributed by atoms with Crippen molar-refractivity contribution < 1.29 is 5.11 Å². The van der Waals surface area contributed by atoms with Gasteiger partial charge < -0.3 is 5.11 Å². The summed E-state index contributed by atoms with van der Waals surface area (Å²) < 4.78 is 1.15. The number of hydrogen-bond acceptors (Lipinski definition) is 2. The molecule has 0 bridgehead atoms. The average Bonchev–Trinajstić information content (AvgIpc) is 2.47. The number of rotatable bonds is 2. The van der Waals surface area contributed by atoms with E-state index in [0.29, 0.717) is 5.41 Å². The molecule has 1 fully saturated rings. The molecule has 0 aromatic carbocycles. The van der Waals surface area contributed by atoms with Crippen LogP contribution in [0, 0.1) is 5.41 Å². The summed E-state index contributed by atoms with van der Waals surface area (Å²) in [5, 5.41) is 10.7. The molecule has 1 unspecified atom stereocenters. The van der Waals surface area contributed by atoms with Crippen LogP contribution in [0.15, 0.2) is 15.9 Å². The fourth-order valence-corrected chi connectivity index (χ4v) is 4.50. The van der Waals surface area contributed by atoms with Gasteiger partial charge in [0.05, 0.1) is 9.39 Å². The van der Waals surface area contributed by atoms with E-state index in [2.05, 4.69) is 41.9 Å². The zero-order valence-corrected chi connectivity index (χ0v) is 12.3. The van der Waals surface area contributed by atoms with Gasteiger partial charge >= 0.3 is 0 Å². The highest BCUT2D eigenvalue weighted by molar-refractivity contribution is 9.11. The Kier molecular flexibility index (Phi) is 3.49. The van der Waals surface area contributed by atoms with Crippen molar-refractivity contribution >= 4 is 27.3 Å². The second-order valence-electron chi connectivity index (χ2n) is 5.80. The minimum absolute atomic E-state index is 0.293. The first-order valence-electron chi connectivity index (χ1n) is 5.85. The van der Waals surface area contributed by atoms with E-state index < -0.39 is 5.60 Å². The van der Waals surface area contributed by atoms with Crippen molar-refractivity contribution in [2.24, 2.45) is 5.41 Å². The maximum absolute atomic E-state index is 10.7. The van der Waals surface area contributed by atoms with Gasteiger partial charge in [-0.1, -0.05) is 20.3 Å². The molecule has 1 atom stereocenters. The van der Waals surface area contributed by atoms with Crippen LogP contribution in [0.1, 0.15) is 44.4 Å². The first-order chi connectivity index (χ1) is 7.39. The maximum Gasteiger partial charge on any atom is 0.0701 e. The third-order valence-electron chi connectivity index (χ3n) is 3.44. The van der Waals surface area contributed by atoms with Crippen LogP contribution in [0.25, 0.3) is 0 Å². The van der Waals surface area contributed by atoms with Gasteiger partial charge in [0.1, 0.15) is 0 Å². The molecule has 0 spiro atoms. The predicted molar refractivity (Wildman–Crippen MR) is 72.9 cm³/mol. The molecule has 0 aliphatic heterocycles. The van der Waals surface area contributed by atoms with Crippen molar-refractivity contribution in [1.29, 1.82) is 0 Å². The second-order valence-corrected chi connectivity index (χ2v) is 8.35. The lowest BCUT2D eigenvalue weighted by Crippen LogP contribution is -2.40. The lowest BCUT2D eigenvalue weighted by Gasteiger charge is -2.41. The van der Waals surface area contributed by atoms with Crippen LogP contribution in [0.3, 0.4) is 0 Å². The molecule has 90 valence electrons. The van der Waals surface area contributed by atoms with Crippen molar-refractivity contribution in [2.45, 2.75) is 51.6 Å². The maximum atomic E-state index is 10.7. The molecule has 0 saturated heterocycles. The molecule has 0 amide bonds. The van der Waals surface area contributed by atoms with Crippen molar-refractivity contribution in [3.63, 3.8) is 0 Å². The molecule has 1 aromatic rings. The van der Waals surface area contributed by atoms with Gasteiger partial charge in [0.25, 0.3) is 0 Å². The molecule has 2 rings (SSSR count). The van der Waals surface area contributed by atoms with Crippen LogP contribution in [-0.2, 0) is 6.42 Å². The molecule has 3 heteroatoms. The monoisotopic (exact) mass is 302 g/mol.